The van der Waals surface area contributed by atoms with Crippen molar-refractivity contribution in [3.05, 3.63) is 119 Å². The number of hydrogen-bond donors (Lipinski definition) is 0. The Morgan fingerprint density at radius 2 is 1.45 bits per heavy atom. The smallest absolute Gasteiger partial charge is 0.161 e. The van der Waals surface area contributed by atoms with Crippen LogP contribution in [-0.2, 0) is 6.54 Å². The highest BCUT2D eigenvalue weighted by atomic mass is 16.3. The summed E-state index contributed by atoms with van der Waals surface area (Å²) in [7, 11) is 0. The van der Waals surface area contributed by atoms with Crippen LogP contribution in [0.1, 0.15) is 22.3 Å². The van der Waals surface area contributed by atoms with Gasteiger partial charge >= 0.3 is 0 Å². The molecule has 160 valence electrons. The maximum atomic E-state index is 6.21. The van der Waals surface area contributed by atoms with E-state index in [9.17, 15) is 0 Å². The lowest BCUT2D eigenvalue weighted by Crippen LogP contribution is -2.05. The number of fused-ring (bicyclic) bond motifs is 3. The van der Waals surface area contributed by atoms with E-state index < -0.39 is 0 Å². The van der Waals surface area contributed by atoms with E-state index in [-0.39, 0.29) is 0 Å². The topological polar surface area (TPSA) is 50.2 Å². The Morgan fingerprint density at radius 3 is 2.15 bits per heavy atom. The highest BCUT2D eigenvalue weighted by molar-refractivity contribution is 6.12. The van der Waals surface area contributed by atoms with Gasteiger partial charge in [0, 0.05) is 27.5 Å². The minimum absolute atomic E-state index is 0.434. The van der Waals surface area contributed by atoms with Gasteiger partial charge in [0.2, 0.25) is 0 Å². The van der Waals surface area contributed by atoms with Crippen LogP contribution in [0, 0.1) is 6.92 Å². The highest BCUT2D eigenvalue weighted by Gasteiger charge is 2.12. The maximum absolute atomic E-state index is 6.21. The third-order valence-electron chi connectivity index (χ3n) is 5.56. The van der Waals surface area contributed by atoms with Crippen LogP contribution in [0.15, 0.2) is 116 Å². The molecule has 0 aliphatic rings. The highest BCUT2D eigenvalue weighted by Crippen LogP contribution is 2.32. The molecule has 0 fully saturated rings. The van der Waals surface area contributed by atoms with E-state index in [0.29, 0.717) is 18.2 Å². The lowest BCUT2D eigenvalue weighted by molar-refractivity contribution is 0.662. The number of aryl methyl sites for hydroxylation is 1. The van der Waals surface area contributed by atoms with Gasteiger partial charge in [-0.2, -0.15) is 0 Å². The van der Waals surface area contributed by atoms with Gasteiger partial charge in [-0.05, 0) is 25.8 Å². The second kappa shape index (κ2) is 9.05. The second-order valence-corrected chi connectivity index (χ2v) is 7.86. The van der Waals surface area contributed by atoms with Crippen LogP contribution in [0.2, 0.25) is 0 Å². The maximum Gasteiger partial charge on any atom is 0.161 e. The summed E-state index contributed by atoms with van der Waals surface area (Å²) in [6.07, 6.45) is 0. The van der Waals surface area contributed by atoms with Crippen LogP contribution in [0.3, 0.4) is 0 Å². The fourth-order valence-corrected chi connectivity index (χ4v) is 3.91. The van der Waals surface area contributed by atoms with Crippen LogP contribution in [-0.4, -0.2) is 18.4 Å². The number of hydrogen-bond acceptors (Lipinski definition) is 2. The molecule has 0 amide bonds. The van der Waals surface area contributed by atoms with Gasteiger partial charge in [0.05, 0.1) is 6.54 Å². The Labute approximate surface area is 192 Å². The van der Waals surface area contributed by atoms with Crippen molar-refractivity contribution in [3.63, 3.8) is 0 Å². The molecule has 0 aliphatic carbocycles. The number of rotatable bonds is 4. The van der Waals surface area contributed by atoms with Crippen molar-refractivity contribution in [2.24, 2.45) is 15.0 Å². The number of furan rings is 1. The first-order valence-corrected chi connectivity index (χ1v) is 10.8. The summed E-state index contributed by atoms with van der Waals surface area (Å²) in [5.74, 6) is 1.14. The molecule has 4 aromatic carbocycles. The SMILES string of the molecule is C=NC(=NC(=NCc1cccc2c1oc1ccc(C)cc12)c1ccccc1)c1ccccc1. The minimum Gasteiger partial charge on any atom is -0.456 e. The molecule has 0 atom stereocenters. The summed E-state index contributed by atoms with van der Waals surface area (Å²) < 4.78 is 6.21. The molecule has 5 rings (SSSR count). The van der Waals surface area contributed by atoms with Gasteiger partial charge in [0.1, 0.15) is 11.2 Å². The van der Waals surface area contributed by atoms with Crippen LogP contribution in [0.4, 0.5) is 0 Å². The van der Waals surface area contributed by atoms with Crippen molar-refractivity contribution >= 4 is 40.3 Å². The molecule has 1 heterocycles. The third-order valence-corrected chi connectivity index (χ3v) is 5.56. The monoisotopic (exact) mass is 429 g/mol. The average molecular weight is 430 g/mol. The molecular weight excluding hydrogens is 406 g/mol. The molecule has 0 saturated carbocycles. The zero-order valence-electron chi connectivity index (χ0n) is 18.4. The van der Waals surface area contributed by atoms with Crippen LogP contribution >= 0.6 is 0 Å². The average Bonchev–Trinajstić information content (AvgIpc) is 3.24. The first-order chi connectivity index (χ1) is 16.2. The number of aliphatic imine (C=N–C) groups is 3. The van der Waals surface area contributed by atoms with Gasteiger partial charge in [-0.15, -0.1) is 0 Å². The first-order valence-electron chi connectivity index (χ1n) is 10.8. The number of para-hydroxylation sites is 1. The van der Waals surface area contributed by atoms with Gasteiger partial charge in [-0.3, -0.25) is 4.99 Å². The Balaban J connectivity index is 1.60. The molecule has 5 aromatic rings. The molecule has 0 aliphatic heterocycles. The molecule has 1 aromatic heterocycles. The molecular formula is C29H23N3O. The number of nitrogens with zero attached hydrogens (tertiary/aromatic N) is 3. The zero-order chi connectivity index (χ0) is 22.6. The van der Waals surface area contributed by atoms with E-state index in [1.807, 2.05) is 66.7 Å². The van der Waals surface area contributed by atoms with Crippen LogP contribution in [0.5, 0.6) is 0 Å². The summed E-state index contributed by atoms with van der Waals surface area (Å²) in [6, 6.07) is 32.2. The molecule has 4 heteroatoms. The van der Waals surface area contributed by atoms with E-state index in [1.54, 1.807) is 0 Å². The van der Waals surface area contributed by atoms with E-state index in [0.717, 1.165) is 38.6 Å². The number of amidine groups is 2. The van der Waals surface area contributed by atoms with E-state index in [1.165, 1.54) is 5.56 Å². The second-order valence-electron chi connectivity index (χ2n) is 7.86. The summed E-state index contributed by atoms with van der Waals surface area (Å²) >= 11 is 0. The van der Waals surface area contributed by atoms with Gasteiger partial charge < -0.3 is 4.42 Å². The largest absolute Gasteiger partial charge is 0.456 e. The molecule has 0 radical (unpaired) electrons. The van der Waals surface area contributed by atoms with Gasteiger partial charge in [0.25, 0.3) is 0 Å². The summed E-state index contributed by atoms with van der Waals surface area (Å²) in [5, 5.41) is 2.23. The fourth-order valence-electron chi connectivity index (χ4n) is 3.91. The van der Waals surface area contributed by atoms with Gasteiger partial charge in [-0.25, -0.2) is 9.98 Å². The minimum atomic E-state index is 0.434. The summed E-state index contributed by atoms with van der Waals surface area (Å²) in [4.78, 5) is 13.9. The first kappa shape index (κ1) is 20.6. The summed E-state index contributed by atoms with van der Waals surface area (Å²) in [6.45, 7) is 6.25. The van der Waals surface area contributed by atoms with Crippen molar-refractivity contribution < 1.29 is 4.42 Å². The Morgan fingerprint density at radius 1 is 0.758 bits per heavy atom. The van der Waals surface area contributed by atoms with Gasteiger partial charge in [0.15, 0.2) is 11.7 Å². The molecule has 0 spiro atoms. The van der Waals surface area contributed by atoms with E-state index in [2.05, 4.69) is 49.0 Å². The zero-order valence-corrected chi connectivity index (χ0v) is 18.4. The Bertz CT molecular complexity index is 1500. The Hall–Kier alpha value is -4.31. The van der Waals surface area contributed by atoms with E-state index >= 15 is 0 Å². The molecule has 0 N–H and O–H groups in total. The predicted octanol–water partition coefficient (Wildman–Crippen LogP) is 6.99. The van der Waals surface area contributed by atoms with Crippen molar-refractivity contribution in [3.8, 4) is 0 Å². The van der Waals surface area contributed by atoms with Gasteiger partial charge in [-0.1, -0.05) is 90.5 Å². The predicted molar refractivity (Wildman–Crippen MR) is 138 cm³/mol. The van der Waals surface area contributed by atoms with Crippen molar-refractivity contribution in [2.75, 3.05) is 0 Å². The third kappa shape index (κ3) is 4.23. The normalized spacial score (nSPS) is 12.4. The van der Waals surface area contributed by atoms with Crippen molar-refractivity contribution in [2.45, 2.75) is 13.5 Å². The fraction of sp³-hybridized carbons (Fsp3) is 0.0690. The molecule has 0 unspecified atom stereocenters. The molecule has 33 heavy (non-hydrogen) atoms. The van der Waals surface area contributed by atoms with E-state index in [4.69, 9.17) is 14.4 Å². The molecule has 4 nitrogen and oxygen atoms in total. The molecule has 0 bridgehead atoms. The quantitative estimate of drug-likeness (QED) is 0.224. The van der Waals surface area contributed by atoms with Crippen molar-refractivity contribution in [1.82, 2.24) is 0 Å². The van der Waals surface area contributed by atoms with Crippen LogP contribution < -0.4 is 0 Å². The number of benzene rings is 4. The Kier molecular flexibility index (Phi) is 5.64. The summed E-state index contributed by atoms with van der Waals surface area (Å²) in [5.41, 5.74) is 5.78. The van der Waals surface area contributed by atoms with Crippen molar-refractivity contribution in [1.29, 1.82) is 0 Å². The molecule has 0 saturated heterocycles. The lowest BCUT2D eigenvalue weighted by Gasteiger charge is -2.06. The van der Waals surface area contributed by atoms with Crippen LogP contribution in [0.25, 0.3) is 21.9 Å². The lowest BCUT2D eigenvalue weighted by atomic mass is 10.1. The standard InChI is InChI=1S/C29H23N3O/c1-20-16-17-26-25(18-20)24-15-9-14-23(27(24)33-26)19-31-29(22-12-7-4-8-13-22)32-28(30-2)21-10-5-3-6-11-21/h3-18H,2,19H2,1H3.